The van der Waals surface area contributed by atoms with Crippen LogP contribution < -0.4 is 10.6 Å². The normalized spacial score (nSPS) is 15.3. The number of allylic oxidation sites excluding steroid dienone is 2. The Bertz CT molecular complexity index is 1020. The van der Waals surface area contributed by atoms with Crippen molar-refractivity contribution in [2.75, 3.05) is 31.0 Å². The summed E-state index contributed by atoms with van der Waals surface area (Å²) < 4.78 is 43.8. The molecule has 0 bridgehead atoms. The van der Waals surface area contributed by atoms with Crippen molar-refractivity contribution in [3.63, 3.8) is 0 Å². The zero-order valence-corrected chi connectivity index (χ0v) is 25.4. The minimum atomic E-state index is -3.32. The summed E-state index contributed by atoms with van der Waals surface area (Å²) in [6, 6.07) is 7.61. The van der Waals surface area contributed by atoms with Crippen LogP contribution in [0.15, 0.2) is 61.1 Å². The number of anilines is 1. The molecule has 200 valence electrons. The third kappa shape index (κ3) is 13.8. The third-order valence-corrected chi connectivity index (χ3v) is 7.18. The maximum atomic E-state index is 11.3. The Kier molecular flexibility index (Phi) is 19.7. The summed E-state index contributed by atoms with van der Waals surface area (Å²) in [5, 5.41) is 15.1. The van der Waals surface area contributed by atoms with Crippen LogP contribution >= 0.6 is 27.5 Å². The minimum absolute atomic E-state index is 0.0232. The largest absolute Gasteiger partial charge is 0.513 e. The molecule has 3 N–H and O–H groups in total. The van der Waals surface area contributed by atoms with Gasteiger partial charge in [-0.25, -0.2) is 16.9 Å². The predicted molar refractivity (Wildman–Crippen MR) is 155 cm³/mol. The molecule has 0 saturated heterocycles. The van der Waals surface area contributed by atoms with Gasteiger partial charge in [0, 0.05) is 24.4 Å². The van der Waals surface area contributed by atoms with Gasteiger partial charge in [0.2, 0.25) is 10.0 Å². The second-order valence-electron chi connectivity index (χ2n) is 6.22. The highest BCUT2D eigenvalue weighted by Gasteiger charge is 2.19. The van der Waals surface area contributed by atoms with Crippen LogP contribution in [0.2, 0.25) is 0 Å². The van der Waals surface area contributed by atoms with Crippen LogP contribution in [-0.2, 0) is 21.2 Å². The molecule has 1 aromatic carbocycles. The Labute approximate surface area is 226 Å². The Morgan fingerprint density at radius 3 is 2.17 bits per heavy atom. The third-order valence-electron chi connectivity index (χ3n) is 3.66. The number of rotatable bonds is 6. The van der Waals surface area contributed by atoms with Crippen molar-refractivity contribution >= 4 is 66.1 Å². The van der Waals surface area contributed by atoms with E-state index in [1.165, 1.54) is 21.0 Å². The van der Waals surface area contributed by atoms with Gasteiger partial charge in [0.1, 0.15) is 0 Å². The van der Waals surface area contributed by atoms with Crippen LogP contribution in [0.1, 0.15) is 41.5 Å². The molecule has 35 heavy (non-hydrogen) atoms. The lowest BCUT2D eigenvalue weighted by molar-refractivity contribution is 0.407. The summed E-state index contributed by atoms with van der Waals surface area (Å²) in [6.45, 7) is 11.3. The Hall–Kier alpha value is -1.73. The second-order valence-corrected chi connectivity index (χ2v) is 10.4. The first-order valence-electron chi connectivity index (χ1n) is 10.8. The van der Waals surface area contributed by atoms with Crippen molar-refractivity contribution < 1.29 is 17.7 Å². The number of sulfonamides is 1. The first-order chi connectivity index (χ1) is 16.5. The Morgan fingerprint density at radius 1 is 1.17 bits per heavy atom. The molecule has 0 aliphatic carbocycles. The molecule has 1 heterocycles. The number of hydrogen-bond donors (Lipinski definition) is 3. The fourth-order valence-corrected chi connectivity index (χ4v) is 4.30. The number of nitrogens with one attached hydrogen (secondary N) is 2. The maximum absolute atomic E-state index is 11.3. The molecule has 0 radical (unpaired) electrons. The number of aliphatic hydroxyl groups excluding tert-OH is 1. The van der Waals surface area contributed by atoms with Crippen LogP contribution in [0.5, 0.6) is 0 Å². The molecule has 13 heteroatoms. The minimum Gasteiger partial charge on any atom is -0.513 e. The van der Waals surface area contributed by atoms with Gasteiger partial charge in [-0.1, -0.05) is 45.9 Å². The van der Waals surface area contributed by atoms with Crippen molar-refractivity contribution in [3.8, 4) is 0 Å². The van der Waals surface area contributed by atoms with Crippen LogP contribution in [-0.4, -0.2) is 59.4 Å². The zero-order valence-electron chi connectivity index (χ0n) is 21.5. The molecular formula is C22H37BrClN5O4S2. The second kappa shape index (κ2) is 19.5. The molecule has 0 spiro atoms. The molecule has 0 aromatic heterocycles. The Morgan fingerprint density at radius 2 is 1.71 bits per heavy atom. The molecule has 1 unspecified atom stereocenters. The van der Waals surface area contributed by atoms with Gasteiger partial charge in [-0.15, -0.1) is 20.4 Å². The fourth-order valence-electron chi connectivity index (χ4n) is 1.88. The number of aliphatic hydroxyl groups is 1. The number of benzene rings is 1. The predicted octanol–water partition coefficient (Wildman–Crippen LogP) is 5.37. The molecule has 0 amide bonds. The van der Waals surface area contributed by atoms with E-state index in [1.807, 2.05) is 65.0 Å². The van der Waals surface area contributed by atoms with E-state index in [4.69, 9.17) is 16.7 Å². The van der Waals surface area contributed by atoms with Gasteiger partial charge in [0.25, 0.3) is 11.2 Å². The molecule has 1 aliphatic rings. The van der Waals surface area contributed by atoms with Gasteiger partial charge in [0.05, 0.1) is 17.2 Å². The van der Waals surface area contributed by atoms with Crippen molar-refractivity contribution in [3.05, 3.63) is 52.3 Å². The summed E-state index contributed by atoms with van der Waals surface area (Å²) in [7, 11) is -0.447. The van der Waals surface area contributed by atoms with E-state index in [2.05, 4.69) is 35.4 Å². The summed E-state index contributed by atoms with van der Waals surface area (Å²) in [4.78, 5) is 0. The molecule has 0 saturated carbocycles. The summed E-state index contributed by atoms with van der Waals surface area (Å²) >= 11 is 7.33. The average Bonchev–Trinajstić information content (AvgIpc) is 3.19. The fraction of sp³-hybridized carbons (Fsp3) is 0.455. The molecule has 1 aromatic rings. The Balaban J connectivity index is 0. The topological polar surface area (TPSA) is 123 Å². The van der Waals surface area contributed by atoms with Crippen molar-refractivity contribution in [1.82, 2.24) is 9.62 Å². The number of para-hydroxylation sites is 1. The SMILES string of the molecule is C/C(O)=C(\CCl)CS(=O)(=O)N(C)C.C/C=C/NC1=NS(=O)N=C1Nc1ccccc1Br.CC.CC. The van der Waals surface area contributed by atoms with Crippen molar-refractivity contribution in [2.45, 2.75) is 41.5 Å². The van der Waals surface area contributed by atoms with E-state index in [0.717, 1.165) is 14.5 Å². The van der Waals surface area contributed by atoms with E-state index in [1.54, 1.807) is 6.20 Å². The summed E-state index contributed by atoms with van der Waals surface area (Å²) in [6.07, 6.45) is 3.53. The van der Waals surface area contributed by atoms with E-state index in [9.17, 15) is 12.6 Å². The van der Waals surface area contributed by atoms with Crippen LogP contribution in [0.25, 0.3) is 0 Å². The van der Waals surface area contributed by atoms with Crippen LogP contribution in [0.4, 0.5) is 5.69 Å². The average molecular weight is 615 g/mol. The van der Waals surface area contributed by atoms with E-state index in [-0.39, 0.29) is 17.4 Å². The zero-order chi connectivity index (χ0) is 27.6. The van der Waals surface area contributed by atoms with Crippen LogP contribution in [0.3, 0.4) is 0 Å². The lowest BCUT2D eigenvalue weighted by Crippen LogP contribution is -2.30. The van der Waals surface area contributed by atoms with Crippen molar-refractivity contribution in [2.24, 2.45) is 8.80 Å². The van der Waals surface area contributed by atoms with Gasteiger partial charge < -0.3 is 15.7 Å². The maximum Gasteiger partial charge on any atom is 0.269 e. The lowest BCUT2D eigenvalue weighted by atomic mass is 10.3. The van der Waals surface area contributed by atoms with E-state index in [0.29, 0.717) is 17.2 Å². The van der Waals surface area contributed by atoms with Crippen LogP contribution in [0, 0.1) is 0 Å². The highest BCUT2D eigenvalue weighted by Crippen LogP contribution is 2.22. The molecule has 1 aliphatic heterocycles. The first-order valence-corrected chi connectivity index (χ1v) is 14.8. The van der Waals surface area contributed by atoms with Gasteiger partial charge >= 0.3 is 0 Å². The molecular weight excluding hydrogens is 578 g/mol. The number of alkyl halides is 1. The smallest absolute Gasteiger partial charge is 0.269 e. The van der Waals surface area contributed by atoms with Gasteiger partial charge in [-0.05, 0) is 53.7 Å². The van der Waals surface area contributed by atoms with E-state index < -0.39 is 21.2 Å². The standard InChI is InChI=1S/C11H11BrN4OS.C7H14ClNO3S.2C2H6/c1-2-7-13-10-11(16-18(17)15-10)14-9-6-4-3-5-8(9)12;1-6(10)7(4-8)5-13(11,12)9(2)3;2*1-2/h2-7H,1H3,(H,13,15)(H,14,16);10H,4-5H2,1-3H3;2*1-2H3/b7-2+;7-6-;;. The summed E-state index contributed by atoms with van der Waals surface area (Å²) in [5.74, 6) is 0.683. The highest BCUT2D eigenvalue weighted by atomic mass is 79.9. The molecule has 2 rings (SSSR count). The monoisotopic (exact) mass is 613 g/mol. The molecule has 1 atom stereocenters. The molecule has 0 fully saturated rings. The van der Waals surface area contributed by atoms with Gasteiger partial charge in [-0.3, -0.25) is 0 Å². The number of hydrogen-bond acceptors (Lipinski definition) is 6. The highest BCUT2D eigenvalue weighted by molar-refractivity contribution is 9.10. The van der Waals surface area contributed by atoms with E-state index >= 15 is 0 Å². The summed E-state index contributed by atoms with van der Waals surface area (Å²) in [5.41, 5.74) is 1.17. The quantitative estimate of drug-likeness (QED) is 0.292. The van der Waals surface area contributed by atoms with Gasteiger partial charge in [-0.2, -0.15) is 0 Å². The number of halogens is 2. The number of amidine groups is 2. The van der Waals surface area contributed by atoms with Gasteiger partial charge in [0.15, 0.2) is 11.7 Å². The number of nitrogens with zero attached hydrogens (tertiary/aromatic N) is 3. The van der Waals surface area contributed by atoms with Crippen molar-refractivity contribution in [1.29, 1.82) is 0 Å². The first kappa shape index (κ1) is 35.4. The lowest BCUT2D eigenvalue weighted by Gasteiger charge is -2.12. The molecule has 9 nitrogen and oxygen atoms in total.